The Morgan fingerprint density at radius 2 is 0.792 bits per heavy atom. The van der Waals surface area contributed by atoms with E-state index in [1.807, 2.05) is 19.1 Å². The summed E-state index contributed by atoms with van der Waals surface area (Å²) in [6, 6.07) is 42.5. The fraction of sp³-hybridized carbons (Fsp3) is 0.372. The number of Topliss-reactive ketones (excluding diaryl/α,β-unsaturated/α-hetero) is 1. The molecule has 0 amide bonds. The van der Waals surface area contributed by atoms with Gasteiger partial charge in [-0.05, 0) is 57.5 Å². The Hall–Kier alpha value is -3.36. The summed E-state index contributed by atoms with van der Waals surface area (Å²) in [5, 5.41) is 4.98. The highest BCUT2D eigenvalue weighted by Gasteiger charge is 2.52. The molecule has 0 saturated heterocycles. The van der Waals surface area contributed by atoms with Crippen molar-refractivity contribution in [3.63, 3.8) is 0 Å². The van der Waals surface area contributed by atoms with Gasteiger partial charge in [-0.3, -0.25) is 4.79 Å². The SMILES string of the molecule is C=C(C)[C@@H](CC)O[Si](c1ccccc1)(c1ccccc1)C(C)(C)C.CC[C@@H](O[Si](c1ccccc1)(c1ccccc1)C(C)(C)C)C(C)=O. The summed E-state index contributed by atoms with van der Waals surface area (Å²) in [6.45, 7) is 25.7. The molecular weight excluding hydrogens is 621 g/mol. The zero-order valence-corrected chi connectivity index (χ0v) is 33.0. The topological polar surface area (TPSA) is 35.5 Å². The molecule has 48 heavy (non-hydrogen) atoms. The molecule has 0 saturated carbocycles. The van der Waals surface area contributed by atoms with Crippen molar-refractivity contribution in [3.8, 4) is 0 Å². The average Bonchev–Trinajstić information content (AvgIpc) is 3.06. The van der Waals surface area contributed by atoms with E-state index in [4.69, 9.17) is 8.85 Å². The van der Waals surface area contributed by atoms with Crippen molar-refractivity contribution >= 4 is 43.2 Å². The number of hydrogen-bond donors (Lipinski definition) is 0. The van der Waals surface area contributed by atoms with Gasteiger partial charge in [-0.2, -0.15) is 0 Å². The second kappa shape index (κ2) is 16.8. The highest BCUT2D eigenvalue weighted by Crippen LogP contribution is 2.39. The predicted octanol–water partition coefficient (Wildman–Crippen LogP) is 8.85. The van der Waals surface area contributed by atoms with Crippen LogP contribution in [0.5, 0.6) is 0 Å². The van der Waals surface area contributed by atoms with E-state index >= 15 is 0 Å². The first-order valence-electron chi connectivity index (χ1n) is 17.4. The lowest BCUT2D eigenvalue weighted by Crippen LogP contribution is -2.68. The van der Waals surface area contributed by atoms with Crippen LogP contribution in [0.2, 0.25) is 10.1 Å². The van der Waals surface area contributed by atoms with Gasteiger partial charge in [-0.15, -0.1) is 0 Å². The molecule has 0 radical (unpaired) electrons. The monoisotopic (exact) mass is 678 g/mol. The van der Waals surface area contributed by atoms with Crippen LogP contribution in [-0.4, -0.2) is 34.6 Å². The fourth-order valence-corrected chi connectivity index (χ4v) is 16.4. The van der Waals surface area contributed by atoms with Crippen molar-refractivity contribution < 1.29 is 13.6 Å². The number of benzene rings is 4. The fourth-order valence-electron chi connectivity index (χ4n) is 6.80. The lowest BCUT2D eigenvalue weighted by Gasteiger charge is -2.45. The molecule has 0 fully saturated rings. The highest BCUT2D eigenvalue weighted by atomic mass is 28.4. The molecule has 4 aromatic rings. The van der Waals surface area contributed by atoms with Gasteiger partial charge in [0, 0.05) is 0 Å². The lowest BCUT2D eigenvalue weighted by molar-refractivity contribution is -0.124. The van der Waals surface area contributed by atoms with Gasteiger partial charge in [-0.25, -0.2) is 0 Å². The Kier molecular flexibility index (Phi) is 13.7. The molecule has 0 aromatic heterocycles. The van der Waals surface area contributed by atoms with Gasteiger partial charge in [0.25, 0.3) is 16.6 Å². The van der Waals surface area contributed by atoms with Crippen molar-refractivity contribution in [1.82, 2.24) is 0 Å². The van der Waals surface area contributed by atoms with E-state index in [0.29, 0.717) is 6.42 Å². The number of ketones is 1. The van der Waals surface area contributed by atoms with Crippen molar-refractivity contribution in [3.05, 3.63) is 133 Å². The molecule has 2 atom stereocenters. The molecule has 0 unspecified atom stereocenters. The average molecular weight is 679 g/mol. The van der Waals surface area contributed by atoms with E-state index < -0.39 is 16.6 Å². The zero-order valence-electron chi connectivity index (χ0n) is 31.0. The Morgan fingerprint density at radius 1 is 0.542 bits per heavy atom. The number of rotatable bonds is 12. The van der Waals surface area contributed by atoms with E-state index in [0.717, 1.165) is 12.0 Å². The Labute approximate surface area is 293 Å². The summed E-state index contributed by atoms with van der Waals surface area (Å²) in [6.07, 6.45) is 1.35. The minimum absolute atomic E-state index is 0.0125. The van der Waals surface area contributed by atoms with Crippen LogP contribution < -0.4 is 20.7 Å². The predicted molar refractivity (Wildman–Crippen MR) is 211 cm³/mol. The third kappa shape index (κ3) is 8.62. The van der Waals surface area contributed by atoms with Gasteiger partial charge >= 0.3 is 0 Å². The Balaban J connectivity index is 0.000000260. The van der Waals surface area contributed by atoms with Crippen molar-refractivity contribution in [2.24, 2.45) is 0 Å². The lowest BCUT2D eigenvalue weighted by atomic mass is 10.1. The molecule has 256 valence electrons. The second-order valence-electron chi connectivity index (χ2n) is 14.8. The first-order chi connectivity index (χ1) is 22.7. The van der Waals surface area contributed by atoms with Crippen molar-refractivity contribution in [1.29, 1.82) is 0 Å². The molecule has 0 heterocycles. The van der Waals surface area contributed by atoms with Gasteiger partial charge in [0.1, 0.15) is 6.10 Å². The van der Waals surface area contributed by atoms with E-state index in [1.54, 1.807) is 6.92 Å². The molecule has 5 heteroatoms. The quantitative estimate of drug-likeness (QED) is 0.111. The van der Waals surface area contributed by atoms with Crippen LogP contribution >= 0.6 is 0 Å². The number of carbonyl (C=O) groups is 1. The number of carbonyl (C=O) groups excluding carboxylic acids is 1. The molecule has 4 rings (SSSR count). The van der Waals surface area contributed by atoms with Crippen LogP contribution in [0, 0.1) is 0 Å². The van der Waals surface area contributed by atoms with Crippen molar-refractivity contribution in [2.75, 3.05) is 0 Å². The van der Waals surface area contributed by atoms with Gasteiger partial charge in [0.05, 0.1) is 6.10 Å². The standard InChI is InChI=1S/C22H30OSi.C21H28O2Si/c1-7-21(18(2)3)23-24(22(4,5)6,19-14-10-8-11-15-19)20-16-12-9-13-17-20;1-6-20(17(2)22)23-24(21(3,4)5,18-13-9-7-10-14-18)19-15-11-8-12-16-19/h8-17,21H,2,7H2,1,3-6H3;7-16,20H,6H2,1-5H3/t21-;20-/m11/s1. The maximum atomic E-state index is 12.1. The molecule has 0 spiro atoms. The van der Waals surface area contributed by atoms with E-state index in [-0.39, 0.29) is 28.1 Å². The van der Waals surface area contributed by atoms with Gasteiger partial charge in [0.2, 0.25) is 0 Å². The second-order valence-corrected chi connectivity index (χ2v) is 23.3. The molecule has 0 aliphatic carbocycles. The summed E-state index contributed by atoms with van der Waals surface area (Å²) in [4.78, 5) is 12.1. The van der Waals surface area contributed by atoms with Crippen LogP contribution in [0.4, 0.5) is 0 Å². The van der Waals surface area contributed by atoms with Gasteiger partial charge in [0.15, 0.2) is 5.78 Å². The van der Waals surface area contributed by atoms with Crippen LogP contribution in [0.3, 0.4) is 0 Å². The molecular formula is C43H58O3Si2. The first-order valence-corrected chi connectivity index (χ1v) is 21.2. The minimum Gasteiger partial charge on any atom is -0.401 e. The Bertz CT molecular complexity index is 1360. The molecule has 0 N–H and O–H groups in total. The Morgan fingerprint density at radius 3 is 0.979 bits per heavy atom. The number of hydrogen-bond acceptors (Lipinski definition) is 3. The largest absolute Gasteiger partial charge is 0.401 e. The van der Waals surface area contributed by atoms with E-state index in [9.17, 15) is 4.79 Å². The summed E-state index contributed by atoms with van der Waals surface area (Å²) >= 11 is 0. The molecule has 0 bridgehead atoms. The summed E-state index contributed by atoms with van der Waals surface area (Å²) in [7, 11) is -5.07. The molecule has 3 nitrogen and oxygen atoms in total. The van der Waals surface area contributed by atoms with E-state index in [1.165, 1.54) is 20.7 Å². The third-order valence-electron chi connectivity index (χ3n) is 9.22. The maximum Gasteiger partial charge on any atom is 0.262 e. The summed E-state index contributed by atoms with van der Waals surface area (Å²) in [5.41, 5.74) is 1.10. The van der Waals surface area contributed by atoms with E-state index in [2.05, 4.69) is 171 Å². The van der Waals surface area contributed by atoms with Crippen molar-refractivity contribution in [2.45, 2.75) is 104 Å². The van der Waals surface area contributed by atoms with Crippen LogP contribution in [0.25, 0.3) is 0 Å². The van der Waals surface area contributed by atoms with Crippen LogP contribution in [0.1, 0.15) is 82.1 Å². The first kappa shape index (κ1) is 39.1. The molecule has 0 aliphatic heterocycles. The minimum atomic E-state index is -2.62. The third-order valence-corrected chi connectivity index (χ3v) is 19.3. The summed E-state index contributed by atoms with van der Waals surface area (Å²) < 4.78 is 13.8. The zero-order chi connectivity index (χ0) is 35.6. The highest BCUT2D eigenvalue weighted by molar-refractivity contribution is 7.00. The summed E-state index contributed by atoms with van der Waals surface area (Å²) in [5.74, 6) is 0.102. The molecule has 4 aromatic carbocycles. The van der Waals surface area contributed by atoms with Crippen LogP contribution in [0.15, 0.2) is 133 Å². The van der Waals surface area contributed by atoms with Crippen LogP contribution in [-0.2, 0) is 13.6 Å². The maximum absolute atomic E-state index is 12.1. The van der Waals surface area contributed by atoms with Gasteiger partial charge in [-0.1, -0.05) is 189 Å². The molecule has 0 aliphatic rings. The van der Waals surface area contributed by atoms with Gasteiger partial charge < -0.3 is 8.85 Å². The smallest absolute Gasteiger partial charge is 0.262 e. The normalized spacial score (nSPS) is 13.5.